The van der Waals surface area contributed by atoms with Gasteiger partial charge in [0.25, 0.3) is 0 Å². The van der Waals surface area contributed by atoms with Crippen LogP contribution in [-0.2, 0) is 4.74 Å². The fourth-order valence-electron chi connectivity index (χ4n) is 4.90. The van der Waals surface area contributed by atoms with Gasteiger partial charge in [0.2, 0.25) is 0 Å². The first-order valence-corrected chi connectivity index (χ1v) is 17.4. The predicted molar refractivity (Wildman–Crippen MR) is 169 cm³/mol. The van der Waals surface area contributed by atoms with E-state index in [2.05, 4.69) is 13.8 Å². The molecule has 0 bridgehead atoms. The minimum Gasteiger partial charge on any atom is -0.394 e. The van der Waals surface area contributed by atoms with Gasteiger partial charge >= 0.3 is 0 Å². The molecule has 226 valence electrons. The Morgan fingerprint density at radius 2 is 0.514 bits per heavy atom. The van der Waals surface area contributed by atoms with Gasteiger partial charge in [-0.3, -0.25) is 0 Å². The van der Waals surface area contributed by atoms with Crippen molar-refractivity contribution in [2.45, 2.75) is 214 Å². The minimum atomic E-state index is -0.167. The van der Waals surface area contributed by atoms with Gasteiger partial charge in [0.15, 0.2) is 0 Å². The van der Waals surface area contributed by atoms with Crippen molar-refractivity contribution in [3.05, 3.63) is 0 Å². The molecule has 1 N–H and O–H groups in total. The summed E-state index contributed by atoms with van der Waals surface area (Å²) in [5, 5.41) is 8.06. The van der Waals surface area contributed by atoms with Crippen molar-refractivity contribution in [3.63, 3.8) is 0 Å². The average Bonchev–Trinajstić information content (AvgIpc) is 2.87. The van der Waals surface area contributed by atoms with Gasteiger partial charge in [-0.25, -0.2) is 0 Å². The highest BCUT2D eigenvalue weighted by molar-refractivity contribution is 4.51. The lowest BCUT2D eigenvalue weighted by Crippen LogP contribution is -1.97. The van der Waals surface area contributed by atoms with E-state index in [9.17, 15) is 0 Å². The van der Waals surface area contributed by atoms with Crippen LogP contribution in [0.15, 0.2) is 0 Å². The Balaban J connectivity index is 0. The molecule has 0 rings (SSSR count). The van der Waals surface area contributed by atoms with E-state index < -0.39 is 0 Å². The SMILES string of the molecule is CC(C)O.CCCCCCCCCCCCCCCCOCCCCCCCCCCCCCCCC. The molecule has 0 amide bonds. The van der Waals surface area contributed by atoms with Crippen molar-refractivity contribution < 1.29 is 9.84 Å². The smallest absolute Gasteiger partial charge is 0.0483 e. The lowest BCUT2D eigenvalue weighted by Gasteiger charge is -2.05. The van der Waals surface area contributed by atoms with E-state index in [1.165, 1.54) is 180 Å². The first-order valence-electron chi connectivity index (χ1n) is 17.4. The Labute approximate surface area is 236 Å². The highest BCUT2D eigenvalue weighted by Crippen LogP contribution is 2.14. The molecule has 0 aliphatic heterocycles. The van der Waals surface area contributed by atoms with Crippen LogP contribution in [-0.4, -0.2) is 24.4 Å². The molecule has 0 aromatic heterocycles. The molecule has 2 heteroatoms. The van der Waals surface area contributed by atoms with E-state index in [4.69, 9.17) is 9.84 Å². The average molecular weight is 527 g/mol. The molecule has 0 fully saturated rings. The maximum absolute atomic E-state index is 8.06. The summed E-state index contributed by atoms with van der Waals surface area (Å²) in [4.78, 5) is 0. The van der Waals surface area contributed by atoms with Crippen LogP contribution in [0, 0.1) is 0 Å². The number of aliphatic hydroxyl groups excluding tert-OH is 1. The summed E-state index contributed by atoms with van der Waals surface area (Å²) in [6.45, 7) is 10.0. The minimum absolute atomic E-state index is 0.167. The van der Waals surface area contributed by atoms with Crippen LogP contribution in [0.25, 0.3) is 0 Å². The van der Waals surface area contributed by atoms with E-state index in [1.54, 1.807) is 13.8 Å². The summed E-state index contributed by atoms with van der Waals surface area (Å²) < 4.78 is 5.85. The van der Waals surface area contributed by atoms with Gasteiger partial charge < -0.3 is 9.84 Å². The van der Waals surface area contributed by atoms with Crippen LogP contribution in [0.3, 0.4) is 0 Å². The quantitative estimate of drug-likeness (QED) is 0.0943. The first-order chi connectivity index (χ1) is 18.1. The summed E-state index contributed by atoms with van der Waals surface area (Å²) in [6.07, 6.45) is 39.9. The van der Waals surface area contributed by atoms with Crippen LogP contribution in [0.1, 0.15) is 207 Å². The molecular formula is C35H74O2. The van der Waals surface area contributed by atoms with Crippen molar-refractivity contribution in [2.75, 3.05) is 13.2 Å². The number of hydrogen-bond acceptors (Lipinski definition) is 2. The van der Waals surface area contributed by atoms with Crippen LogP contribution >= 0.6 is 0 Å². The molecule has 0 saturated carbocycles. The zero-order valence-electron chi connectivity index (χ0n) is 26.6. The van der Waals surface area contributed by atoms with E-state index in [-0.39, 0.29) is 6.10 Å². The lowest BCUT2D eigenvalue weighted by molar-refractivity contribution is 0.125. The Bertz CT molecular complexity index is 322. The number of aliphatic hydroxyl groups is 1. The first kappa shape index (κ1) is 39.1. The molecule has 0 heterocycles. The van der Waals surface area contributed by atoms with E-state index in [1.807, 2.05) is 0 Å². The predicted octanol–water partition coefficient (Wildman–Crippen LogP) is 12.4. The highest BCUT2D eigenvalue weighted by atomic mass is 16.5. The maximum atomic E-state index is 8.06. The third-order valence-corrected chi connectivity index (χ3v) is 7.28. The second kappa shape index (κ2) is 38.1. The van der Waals surface area contributed by atoms with E-state index in [0.717, 1.165) is 13.2 Å². The van der Waals surface area contributed by atoms with Gasteiger partial charge in [0.05, 0.1) is 0 Å². The standard InChI is InChI=1S/C32H66O.C3H8O/c1-3-5-7-9-11-13-15-17-19-21-23-25-27-29-31-33-32-30-28-26-24-22-20-18-16-14-12-10-8-6-4-2;1-3(2)4/h3-32H2,1-2H3;3-4H,1-2H3. The summed E-state index contributed by atoms with van der Waals surface area (Å²) in [5.74, 6) is 0. The van der Waals surface area contributed by atoms with Gasteiger partial charge in [-0.1, -0.05) is 181 Å². The Morgan fingerprint density at radius 1 is 0.351 bits per heavy atom. The van der Waals surface area contributed by atoms with Crippen LogP contribution in [0.4, 0.5) is 0 Å². The second-order valence-electron chi connectivity index (χ2n) is 11.9. The van der Waals surface area contributed by atoms with Gasteiger partial charge in [-0.15, -0.1) is 0 Å². The Hall–Kier alpha value is -0.0800. The van der Waals surface area contributed by atoms with Crippen molar-refractivity contribution >= 4 is 0 Å². The molecule has 37 heavy (non-hydrogen) atoms. The van der Waals surface area contributed by atoms with Crippen LogP contribution < -0.4 is 0 Å². The molecule has 0 atom stereocenters. The van der Waals surface area contributed by atoms with Crippen molar-refractivity contribution in [3.8, 4) is 0 Å². The molecule has 2 nitrogen and oxygen atoms in total. The summed E-state index contributed by atoms with van der Waals surface area (Å²) in [7, 11) is 0. The zero-order chi connectivity index (χ0) is 27.5. The lowest BCUT2D eigenvalue weighted by atomic mass is 10.0. The molecule has 0 unspecified atom stereocenters. The third kappa shape index (κ3) is 46.2. The van der Waals surface area contributed by atoms with Gasteiger partial charge in [-0.2, -0.15) is 0 Å². The molecule has 0 saturated heterocycles. The molecule has 0 aliphatic rings. The Kier molecular flexibility index (Phi) is 40.2. The largest absolute Gasteiger partial charge is 0.394 e. The molecule has 0 radical (unpaired) electrons. The van der Waals surface area contributed by atoms with Crippen molar-refractivity contribution in [1.82, 2.24) is 0 Å². The molecular weight excluding hydrogens is 452 g/mol. The van der Waals surface area contributed by atoms with Crippen molar-refractivity contribution in [2.24, 2.45) is 0 Å². The number of ether oxygens (including phenoxy) is 1. The normalized spacial score (nSPS) is 11.2. The topological polar surface area (TPSA) is 29.5 Å². The second-order valence-corrected chi connectivity index (χ2v) is 11.9. The molecule has 0 spiro atoms. The summed E-state index contributed by atoms with van der Waals surface area (Å²) in [6, 6.07) is 0. The van der Waals surface area contributed by atoms with Gasteiger partial charge in [0.1, 0.15) is 0 Å². The highest BCUT2D eigenvalue weighted by Gasteiger charge is 1.96. The van der Waals surface area contributed by atoms with Crippen LogP contribution in [0.5, 0.6) is 0 Å². The third-order valence-electron chi connectivity index (χ3n) is 7.28. The van der Waals surface area contributed by atoms with Crippen molar-refractivity contribution in [1.29, 1.82) is 0 Å². The number of hydrogen-bond donors (Lipinski definition) is 1. The monoisotopic (exact) mass is 527 g/mol. The number of unbranched alkanes of at least 4 members (excludes halogenated alkanes) is 26. The van der Waals surface area contributed by atoms with Gasteiger partial charge in [0, 0.05) is 19.3 Å². The van der Waals surface area contributed by atoms with E-state index >= 15 is 0 Å². The summed E-state index contributed by atoms with van der Waals surface area (Å²) in [5.41, 5.74) is 0. The molecule has 0 aromatic rings. The maximum Gasteiger partial charge on any atom is 0.0483 e. The van der Waals surface area contributed by atoms with E-state index in [0.29, 0.717) is 0 Å². The fraction of sp³-hybridized carbons (Fsp3) is 1.00. The van der Waals surface area contributed by atoms with Gasteiger partial charge in [-0.05, 0) is 26.7 Å². The number of rotatable bonds is 30. The molecule has 0 aliphatic carbocycles. The van der Waals surface area contributed by atoms with Crippen LogP contribution in [0.2, 0.25) is 0 Å². The fourth-order valence-corrected chi connectivity index (χ4v) is 4.90. The molecule has 0 aromatic carbocycles. The summed E-state index contributed by atoms with van der Waals surface area (Å²) >= 11 is 0. The zero-order valence-corrected chi connectivity index (χ0v) is 26.6. The Morgan fingerprint density at radius 3 is 0.703 bits per heavy atom.